The van der Waals surface area contributed by atoms with E-state index in [0.29, 0.717) is 0 Å². The monoisotopic (exact) mass is 239 g/mol. The average Bonchev–Trinajstić information content (AvgIpc) is 2.33. The molecule has 1 rings (SSSR count). The van der Waals surface area contributed by atoms with Gasteiger partial charge in [-0.1, -0.05) is 19.1 Å². The number of anilines is 1. The summed E-state index contributed by atoms with van der Waals surface area (Å²) in [5, 5.41) is 3.42. The summed E-state index contributed by atoms with van der Waals surface area (Å²) in [6, 6.07) is 8.14. The first kappa shape index (κ1) is 13.2. The van der Waals surface area contributed by atoms with Crippen LogP contribution in [0.5, 0.6) is 5.75 Å². The molecule has 0 aliphatic rings. The summed E-state index contributed by atoms with van der Waals surface area (Å²) in [5.74, 6) is 2.17. The molecule has 1 N–H and O–H groups in total. The highest BCUT2D eigenvalue weighted by Crippen LogP contribution is 2.23. The van der Waals surface area contributed by atoms with Crippen molar-refractivity contribution < 1.29 is 4.74 Å². The molecule has 0 saturated heterocycles. The number of benzene rings is 1. The lowest BCUT2D eigenvalue weighted by Crippen LogP contribution is -2.05. The molecule has 90 valence electrons. The number of nitrogens with one attached hydrogen (secondary N) is 1. The van der Waals surface area contributed by atoms with Crippen molar-refractivity contribution >= 4 is 17.4 Å². The Morgan fingerprint density at radius 2 is 2.12 bits per heavy atom. The molecule has 0 aliphatic carbocycles. The maximum absolute atomic E-state index is 5.68. The minimum absolute atomic E-state index is 0.781. The summed E-state index contributed by atoms with van der Waals surface area (Å²) in [5.41, 5.74) is 1.11. The van der Waals surface area contributed by atoms with Crippen LogP contribution in [0.4, 0.5) is 5.69 Å². The number of thioether (sulfide) groups is 1. The highest BCUT2D eigenvalue weighted by molar-refractivity contribution is 7.98. The highest BCUT2D eigenvalue weighted by atomic mass is 32.2. The standard InChI is InChI=1S/C13H21NOS/c1-3-10-15-13-8-5-4-7-12(13)14-9-6-11-16-2/h4-5,7-8,14H,3,6,9-11H2,1-2H3. The zero-order valence-corrected chi connectivity index (χ0v) is 11.0. The van der Waals surface area contributed by atoms with Gasteiger partial charge in [-0.15, -0.1) is 0 Å². The molecule has 0 spiro atoms. The first-order valence-electron chi connectivity index (χ1n) is 5.83. The number of hydrogen-bond donors (Lipinski definition) is 1. The molecule has 0 heterocycles. The van der Waals surface area contributed by atoms with E-state index in [2.05, 4.69) is 24.6 Å². The molecule has 2 nitrogen and oxygen atoms in total. The van der Waals surface area contributed by atoms with Crippen molar-refractivity contribution in [2.24, 2.45) is 0 Å². The summed E-state index contributed by atoms with van der Waals surface area (Å²) < 4.78 is 5.68. The molecule has 0 saturated carbocycles. The Hall–Kier alpha value is -0.830. The minimum Gasteiger partial charge on any atom is -0.491 e. The first-order valence-corrected chi connectivity index (χ1v) is 7.22. The van der Waals surface area contributed by atoms with Crippen molar-refractivity contribution in [3.8, 4) is 5.75 Å². The molecule has 0 aromatic heterocycles. The van der Waals surface area contributed by atoms with E-state index in [1.54, 1.807) is 0 Å². The maximum Gasteiger partial charge on any atom is 0.142 e. The molecule has 1 aromatic carbocycles. The van der Waals surface area contributed by atoms with Crippen molar-refractivity contribution in [2.45, 2.75) is 19.8 Å². The van der Waals surface area contributed by atoms with Crippen LogP contribution in [0.3, 0.4) is 0 Å². The molecule has 3 heteroatoms. The minimum atomic E-state index is 0.781. The third kappa shape index (κ3) is 4.79. The SMILES string of the molecule is CCCOc1ccccc1NCCCSC. The van der Waals surface area contributed by atoms with E-state index >= 15 is 0 Å². The Morgan fingerprint density at radius 3 is 2.88 bits per heavy atom. The quantitative estimate of drug-likeness (QED) is 0.700. The van der Waals surface area contributed by atoms with Crippen LogP contribution in [-0.2, 0) is 0 Å². The summed E-state index contributed by atoms with van der Waals surface area (Å²) in [6.45, 7) is 3.91. The molecule has 0 radical (unpaired) electrons. The lowest BCUT2D eigenvalue weighted by atomic mass is 10.3. The third-order valence-corrected chi connectivity index (χ3v) is 2.89. The van der Waals surface area contributed by atoms with Crippen molar-refractivity contribution in [3.05, 3.63) is 24.3 Å². The Bertz CT molecular complexity index is 291. The number of hydrogen-bond acceptors (Lipinski definition) is 3. The first-order chi connectivity index (χ1) is 7.88. The molecule has 0 aliphatic heterocycles. The van der Waals surface area contributed by atoms with Gasteiger partial charge < -0.3 is 10.1 Å². The van der Waals surface area contributed by atoms with Crippen LogP contribution in [0.1, 0.15) is 19.8 Å². The van der Waals surface area contributed by atoms with Gasteiger partial charge in [-0.3, -0.25) is 0 Å². The summed E-state index contributed by atoms with van der Waals surface area (Å²) in [6.07, 6.45) is 4.36. The van der Waals surface area contributed by atoms with Gasteiger partial charge in [-0.2, -0.15) is 11.8 Å². The van der Waals surface area contributed by atoms with Gasteiger partial charge in [0.25, 0.3) is 0 Å². The van der Waals surface area contributed by atoms with E-state index in [0.717, 1.165) is 31.0 Å². The zero-order chi connectivity index (χ0) is 11.6. The average molecular weight is 239 g/mol. The van der Waals surface area contributed by atoms with Crippen molar-refractivity contribution in [2.75, 3.05) is 30.5 Å². The molecular weight excluding hydrogens is 218 g/mol. The zero-order valence-electron chi connectivity index (χ0n) is 10.2. The predicted molar refractivity (Wildman–Crippen MR) is 73.7 cm³/mol. The molecule has 0 bridgehead atoms. The molecule has 0 atom stereocenters. The summed E-state index contributed by atoms with van der Waals surface area (Å²) in [7, 11) is 0. The molecule has 0 amide bonds. The second-order valence-electron chi connectivity index (χ2n) is 3.62. The van der Waals surface area contributed by atoms with Crippen LogP contribution < -0.4 is 10.1 Å². The number of rotatable bonds is 8. The van der Waals surface area contributed by atoms with Gasteiger partial charge in [-0.05, 0) is 37.0 Å². The van der Waals surface area contributed by atoms with Gasteiger partial charge in [0.2, 0.25) is 0 Å². The van der Waals surface area contributed by atoms with Gasteiger partial charge >= 0.3 is 0 Å². The fourth-order valence-corrected chi connectivity index (χ4v) is 1.82. The van der Waals surface area contributed by atoms with Crippen LogP contribution in [0, 0.1) is 0 Å². The van der Waals surface area contributed by atoms with E-state index in [1.807, 2.05) is 30.0 Å². The van der Waals surface area contributed by atoms with E-state index in [1.165, 1.54) is 12.2 Å². The molecule has 0 unspecified atom stereocenters. The molecular formula is C13H21NOS. The van der Waals surface area contributed by atoms with E-state index < -0.39 is 0 Å². The maximum atomic E-state index is 5.68. The van der Waals surface area contributed by atoms with Gasteiger partial charge in [0.05, 0.1) is 12.3 Å². The topological polar surface area (TPSA) is 21.3 Å². The van der Waals surface area contributed by atoms with Crippen LogP contribution in [0.2, 0.25) is 0 Å². The number of para-hydroxylation sites is 2. The number of ether oxygens (including phenoxy) is 1. The Morgan fingerprint density at radius 1 is 1.31 bits per heavy atom. The smallest absolute Gasteiger partial charge is 0.142 e. The van der Waals surface area contributed by atoms with E-state index in [4.69, 9.17) is 4.74 Å². The van der Waals surface area contributed by atoms with Crippen molar-refractivity contribution in [1.82, 2.24) is 0 Å². The van der Waals surface area contributed by atoms with E-state index in [-0.39, 0.29) is 0 Å². The largest absolute Gasteiger partial charge is 0.491 e. The fourth-order valence-electron chi connectivity index (χ4n) is 1.39. The van der Waals surface area contributed by atoms with Gasteiger partial charge in [0.1, 0.15) is 5.75 Å². The lowest BCUT2D eigenvalue weighted by molar-refractivity contribution is 0.319. The molecule has 1 aromatic rings. The highest BCUT2D eigenvalue weighted by Gasteiger charge is 2.00. The summed E-state index contributed by atoms with van der Waals surface area (Å²) in [4.78, 5) is 0. The predicted octanol–water partition coefficient (Wildman–Crippen LogP) is 3.64. The van der Waals surface area contributed by atoms with Crippen LogP contribution in [-0.4, -0.2) is 25.2 Å². The van der Waals surface area contributed by atoms with E-state index in [9.17, 15) is 0 Å². The second kappa shape index (κ2) is 8.34. The Kier molecular flexibility index (Phi) is 6.90. The third-order valence-electron chi connectivity index (χ3n) is 2.19. The van der Waals surface area contributed by atoms with Crippen molar-refractivity contribution in [1.29, 1.82) is 0 Å². The van der Waals surface area contributed by atoms with Gasteiger partial charge in [-0.25, -0.2) is 0 Å². The normalized spacial score (nSPS) is 10.1. The summed E-state index contributed by atoms with van der Waals surface area (Å²) >= 11 is 1.88. The Balaban J connectivity index is 2.43. The fraction of sp³-hybridized carbons (Fsp3) is 0.538. The molecule has 16 heavy (non-hydrogen) atoms. The van der Waals surface area contributed by atoms with Gasteiger partial charge in [0.15, 0.2) is 0 Å². The Labute approximate surface area is 103 Å². The van der Waals surface area contributed by atoms with Crippen LogP contribution in [0.15, 0.2) is 24.3 Å². The second-order valence-corrected chi connectivity index (χ2v) is 4.60. The lowest BCUT2D eigenvalue weighted by Gasteiger charge is -2.12. The van der Waals surface area contributed by atoms with Crippen LogP contribution >= 0.6 is 11.8 Å². The molecule has 0 fully saturated rings. The van der Waals surface area contributed by atoms with Crippen molar-refractivity contribution in [3.63, 3.8) is 0 Å². The van der Waals surface area contributed by atoms with Crippen LogP contribution in [0.25, 0.3) is 0 Å². The van der Waals surface area contributed by atoms with Gasteiger partial charge in [0, 0.05) is 6.54 Å².